The van der Waals surface area contributed by atoms with E-state index in [0.717, 1.165) is 17.8 Å². The fraction of sp³-hybridized carbons (Fsp3) is 0.154. The number of hydrogen-bond acceptors (Lipinski definition) is 3. The Kier molecular flexibility index (Phi) is 3.29. The molecule has 0 aliphatic heterocycles. The molecule has 2 N–H and O–H groups in total. The lowest BCUT2D eigenvalue weighted by atomic mass is 10.1. The summed E-state index contributed by atoms with van der Waals surface area (Å²) in [7, 11) is 1.85. The van der Waals surface area contributed by atoms with Gasteiger partial charge < -0.3 is 0 Å². The van der Waals surface area contributed by atoms with E-state index < -0.39 is 0 Å². The van der Waals surface area contributed by atoms with E-state index >= 15 is 0 Å². The van der Waals surface area contributed by atoms with E-state index in [1.165, 1.54) is 5.56 Å². The summed E-state index contributed by atoms with van der Waals surface area (Å²) in [4.78, 5) is 4.36. The second-order valence-electron chi connectivity index (χ2n) is 3.83. The van der Waals surface area contributed by atoms with Gasteiger partial charge in [-0.3, -0.25) is 10.8 Å². The molecule has 0 unspecified atom stereocenters. The van der Waals surface area contributed by atoms with Crippen molar-refractivity contribution >= 4 is 0 Å². The van der Waals surface area contributed by atoms with Crippen molar-refractivity contribution in [3.63, 3.8) is 0 Å². The lowest BCUT2D eigenvalue weighted by Gasteiger charge is -2.10. The summed E-state index contributed by atoms with van der Waals surface area (Å²) in [6, 6.07) is 14.2. The van der Waals surface area contributed by atoms with Gasteiger partial charge in [-0.2, -0.15) is 0 Å². The Morgan fingerprint density at radius 3 is 2.62 bits per heavy atom. The summed E-state index contributed by atoms with van der Waals surface area (Å²) in [5, 5.41) is 1.66. The van der Waals surface area contributed by atoms with Crippen molar-refractivity contribution in [3.05, 3.63) is 54.2 Å². The summed E-state index contributed by atoms with van der Waals surface area (Å²) in [5.74, 6) is 5.63. The first-order valence-electron chi connectivity index (χ1n) is 5.22. The molecule has 0 saturated carbocycles. The molecular formula is C13H15N3. The number of nitrogens with two attached hydrogens (primary N) is 1. The molecule has 0 aliphatic carbocycles. The third kappa shape index (κ3) is 2.66. The zero-order valence-electron chi connectivity index (χ0n) is 9.30. The predicted molar refractivity (Wildman–Crippen MR) is 65.3 cm³/mol. The Hall–Kier alpha value is -1.71. The molecule has 0 atom stereocenters. The molecule has 0 spiro atoms. The van der Waals surface area contributed by atoms with E-state index in [2.05, 4.69) is 23.2 Å². The second kappa shape index (κ2) is 4.88. The first kappa shape index (κ1) is 10.8. The Morgan fingerprint density at radius 1 is 1.19 bits per heavy atom. The van der Waals surface area contributed by atoms with Gasteiger partial charge in [0.2, 0.25) is 0 Å². The van der Waals surface area contributed by atoms with Gasteiger partial charge in [-0.25, -0.2) is 5.01 Å². The molecule has 1 aromatic carbocycles. The first-order valence-corrected chi connectivity index (χ1v) is 5.22. The largest absolute Gasteiger partial charge is 0.269 e. The van der Waals surface area contributed by atoms with Crippen molar-refractivity contribution in [1.29, 1.82) is 0 Å². The molecule has 3 heteroatoms. The van der Waals surface area contributed by atoms with Gasteiger partial charge in [-0.1, -0.05) is 30.3 Å². The van der Waals surface area contributed by atoms with Gasteiger partial charge in [0.15, 0.2) is 0 Å². The normalized spacial score (nSPS) is 10.7. The van der Waals surface area contributed by atoms with Gasteiger partial charge in [-0.15, -0.1) is 0 Å². The van der Waals surface area contributed by atoms with Crippen LogP contribution in [0.15, 0.2) is 48.7 Å². The number of aromatic nitrogens is 1. The molecule has 82 valence electrons. The quantitative estimate of drug-likeness (QED) is 0.626. The van der Waals surface area contributed by atoms with Crippen LogP contribution in [-0.2, 0) is 6.54 Å². The lowest BCUT2D eigenvalue weighted by molar-refractivity contribution is 0.341. The molecule has 0 radical (unpaired) electrons. The molecule has 0 fully saturated rings. The third-order valence-corrected chi connectivity index (χ3v) is 2.33. The summed E-state index contributed by atoms with van der Waals surface area (Å²) in [6.45, 7) is 0.725. The molecule has 1 aromatic heterocycles. The van der Waals surface area contributed by atoms with Crippen molar-refractivity contribution in [2.75, 3.05) is 7.05 Å². The van der Waals surface area contributed by atoms with E-state index in [0.29, 0.717) is 0 Å². The summed E-state index contributed by atoms with van der Waals surface area (Å²) in [5.41, 5.74) is 3.28. The van der Waals surface area contributed by atoms with Gasteiger partial charge in [0.1, 0.15) is 0 Å². The molecular weight excluding hydrogens is 198 g/mol. The van der Waals surface area contributed by atoms with Crippen LogP contribution in [0.3, 0.4) is 0 Å². The smallest absolute Gasteiger partial charge is 0.0705 e. The maximum absolute atomic E-state index is 5.63. The van der Waals surface area contributed by atoms with Crippen molar-refractivity contribution in [3.8, 4) is 11.3 Å². The van der Waals surface area contributed by atoms with Gasteiger partial charge in [0.25, 0.3) is 0 Å². The van der Waals surface area contributed by atoms with Crippen LogP contribution >= 0.6 is 0 Å². The van der Waals surface area contributed by atoms with E-state index in [-0.39, 0.29) is 0 Å². The summed E-state index contributed by atoms with van der Waals surface area (Å²) in [6.07, 6.45) is 1.82. The topological polar surface area (TPSA) is 42.1 Å². The van der Waals surface area contributed by atoms with Gasteiger partial charge in [0, 0.05) is 25.4 Å². The average Bonchev–Trinajstić information content (AvgIpc) is 2.30. The van der Waals surface area contributed by atoms with Crippen LogP contribution in [0.1, 0.15) is 5.56 Å². The highest BCUT2D eigenvalue weighted by atomic mass is 15.4. The number of pyridine rings is 1. The Balaban J connectivity index is 2.29. The molecule has 0 amide bonds. The number of rotatable bonds is 3. The fourth-order valence-corrected chi connectivity index (χ4v) is 1.63. The van der Waals surface area contributed by atoms with Crippen LogP contribution in [0.4, 0.5) is 0 Å². The van der Waals surface area contributed by atoms with Crippen molar-refractivity contribution < 1.29 is 0 Å². The maximum atomic E-state index is 5.63. The minimum atomic E-state index is 0.725. The molecule has 2 rings (SSSR count). The van der Waals surface area contributed by atoms with Crippen LogP contribution in [0.25, 0.3) is 11.3 Å². The Bertz CT molecular complexity index is 452. The predicted octanol–water partition coefficient (Wildman–Crippen LogP) is 2.05. The molecule has 16 heavy (non-hydrogen) atoms. The minimum Gasteiger partial charge on any atom is -0.269 e. The van der Waals surface area contributed by atoms with Crippen LogP contribution in [0, 0.1) is 0 Å². The summed E-state index contributed by atoms with van der Waals surface area (Å²) < 4.78 is 0. The van der Waals surface area contributed by atoms with E-state index in [1.54, 1.807) is 5.01 Å². The summed E-state index contributed by atoms with van der Waals surface area (Å²) >= 11 is 0. The highest BCUT2D eigenvalue weighted by Crippen LogP contribution is 2.17. The Morgan fingerprint density at radius 2 is 1.94 bits per heavy atom. The zero-order valence-corrected chi connectivity index (χ0v) is 9.30. The molecule has 0 aliphatic rings. The molecule has 0 bridgehead atoms. The SMILES string of the molecule is CN(N)Cc1ccnc(-c2ccccc2)c1. The number of hydrogen-bond donors (Lipinski definition) is 1. The fourth-order valence-electron chi connectivity index (χ4n) is 1.63. The minimum absolute atomic E-state index is 0.725. The number of benzene rings is 1. The van der Waals surface area contributed by atoms with Crippen LogP contribution < -0.4 is 5.84 Å². The molecule has 0 saturated heterocycles. The van der Waals surface area contributed by atoms with E-state index in [9.17, 15) is 0 Å². The highest BCUT2D eigenvalue weighted by molar-refractivity contribution is 5.59. The van der Waals surface area contributed by atoms with Gasteiger partial charge in [0.05, 0.1) is 5.69 Å². The van der Waals surface area contributed by atoms with E-state index in [4.69, 9.17) is 5.84 Å². The van der Waals surface area contributed by atoms with Crippen molar-refractivity contribution in [2.45, 2.75) is 6.54 Å². The first-order chi connectivity index (χ1) is 7.75. The molecule has 1 heterocycles. The van der Waals surface area contributed by atoms with Gasteiger partial charge in [-0.05, 0) is 17.7 Å². The van der Waals surface area contributed by atoms with E-state index in [1.807, 2.05) is 37.5 Å². The average molecular weight is 213 g/mol. The maximum Gasteiger partial charge on any atom is 0.0705 e. The highest BCUT2D eigenvalue weighted by Gasteiger charge is 2.00. The molecule has 2 aromatic rings. The Labute approximate surface area is 95.5 Å². The lowest BCUT2D eigenvalue weighted by Crippen LogP contribution is -2.24. The second-order valence-corrected chi connectivity index (χ2v) is 3.83. The van der Waals surface area contributed by atoms with Gasteiger partial charge >= 0.3 is 0 Å². The monoisotopic (exact) mass is 213 g/mol. The zero-order chi connectivity index (χ0) is 11.4. The number of hydrazine groups is 1. The standard InChI is InChI=1S/C13H15N3/c1-16(14)10-11-7-8-15-13(9-11)12-5-3-2-4-6-12/h2-9H,10,14H2,1H3. The van der Waals surface area contributed by atoms with Crippen LogP contribution in [0.2, 0.25) is 0 Å². The number of nitrogens with zero attached hydrogens (tertiary/aromatic N) is 2. The molecule has 3 nitrogen and oxygen atoms in total. The third-order valence-electron chi connectivity index (χ3n) is 2.33. The van der Waals surface area contributed by atoms with Crippen molar-refractivity contribution in [1.82, 2.24) is 9.99 Å². The van der Waals surface area contributed by atoms with Crippen LogP contribution in [0.5, 0.6) is 0 Å². The van der Waals surface area contributed by atoms with Crippen molar-refractivity contribution in [2.24, 2.45) is 5.84 Å². The van der Waals surface area contributed by atoms with Crippen LogP contribution in [-0.4, -0.2) is 17.0 Å².